The fourth-order valence-electron chi connectivity index (χ4n) is 3.13. The molecule has 0 spiro atoms. The van der Waals surface area contributed by atoms with E-state index in [0.717, 1.165) is 6.07 Å². The van der Waals surface area contributed by atoms with Crippen LogP contribution in [0.2, 0.25) is 5.02 Å². The summed E-state index contributed by atoms with van der Waals surface area (Å²) >= 11 is 6.16. The van der Waals surface area contributed by atoms with Crippen LogP contribution in [0, 0.1) is 11.6 Å². The van der Waals surface area contributed by atoms with E-state index in [2.05, 4.69) is 4.74 Å². The minimum absolute atomic E-state index is 0.0620. The van der Waals surface area contributed by atoms with Gasteiger partial charge in [-0.15, -0.1) is 0 Å². The minimum atomic E-state index is -3.45. The molecule has 164 valence electrons. The number of aliphatic hydroxyl groups is 4. The normalized spacial score (nSPS) is 31.4. The van der Waals surface area contributed by atoms with Crippen molar-refractivity contribution in [1.82, 2.24) is 0 Å². The summed E-state index contributed by atoms with van der Waals surface area (Å²) in [6, 6.07) is 4.63. The van der Waals surface area contributed by atoms with Gasteiger partial charge in [0.2, 0.25) is 0 Å². The van der Waals surface area contributed by atoms with Gasteiger partial charge in [-0.05, 0) is 48.1 Å². The number of rotatable bonds is 6. The third-order valence-corrected chi connectivity index (χ3v) is 4.97. The van der Waals surface area contributed by atoms with Crippen LogP contribution < -0.4 is 4.74 Å². The van der Waals surface area contributed by atoms with Gasteiger partial charge in [0, 0.05) is 11.9 Å². The molecule has 9 heteroatoms. The average Bonchev–Trinajstić information content (AvgIpc) is 2.79. The van der Waals surface area contributed by atoms with Crippen molar-refractivity contribution in [3.05, 3.63) is 63.7 Å². The Morgan fingerprint density at radius 2 is 1.83 bits per heavy atom. The van der Waals surface area contributed by atoms with Gasteiger partial charge >= 0.3 is 0 Å². The molecule has 0 bridgehead atoms. The summed E-state index contributed by atoms with van der Waals surface area (Å²) in [4.78, 5) is 0. The fraction of sp³-hybridized carbons (Fsp3) is 0.429. The van der Waals surface area contributed by atoms with Crippen LogP contribution in [-0.4, -0.2) is 58.0 Å². The van der Waals surface area contributed by atoms with Gasteiger partial charge in [-0.2, -0.15) is 0 Å². The molecule has 1 heterocycles. The molecule has 1 fully saturated rings. The highest BCUT2D eigenvalue weighted by Gasteiger charge is 2.44. The lowest BCUT2D eigenvalue weighted by Gasteiger charge is -2.40. The summed E-state index contributed by atoms with van der Waals surface area (Å²) in [6.45, 7) is -7.52. The Balaban J connectivity index is 2.02. The molecule has 3 rings (SSSR count). The van der Waals surface area contributed by atoms with Crippen molar-refractivity contribution in [2.24, 2.45) is 0 Å². The molecule has 1 aliphatic rings. The zero-order chi connectivity index (χ0) is 28.1. The second kappa shape index (κ2) is 9.55. The zero-order valence-corrected chi connectivity index (χ0v) is 16.0. The predicted octanol–water partition coefficient (Wildman–Crippen LogP) is 2.12. The number of halogens is 3. The van der Waals surface area contributed by atoms with Crippen LogP contribution in [-0.2, 0) is 11.1 Å². The topological polar surface area (TPSA) is 99.4 Å². The van der Waals surface area contributed by atoms with Crippen molar-refractivity contribution in [1.29, 1.82) is 0 Å². The van der Waals surface area contributed by atoms with Gasteiger partial charge in [-0.25, -0.2) is 8.78 Å². The smallest absolute Gasteiger partial charge is 0.190 e. The van der Waals surface area contributed by atoms with Gasteiger partial charge in [0.05, 0.1) is 15.9 Å². The molecule has 1 saturated heterocycles. The fourth-order valence-corrected chi connectivity index (χ4v) is 3.29. The van der Waals surface area contributed by atoms with Crippen molar-refractivity contribution in [3.8, 4) is 5.75 Å². The maximum absolute atomic E-state index is 14.7. The van der Waals surface area contributed by atoms with Crippen molar-refractivity contribution >= 4 is 11.6 Å². The number of hydrogen-bond acceptors (Lipinski definition) is 6. The van der Waals surface area contributed by atoms with Crippen LogP contribution in [0.5, 0.6) is 5.75 Å². The predicted molar refractivity (Wildman–Crippen MR) is 105 cm³/mol. The highest BCUT2D eigenvalue weighted by atomic mass is 35.5. The van der Waals surface area contributed by atoms with Crippen molar-refractivity contribution in [2.45, 2.75) is 43.7 Å². The van der Waals surface area contributed by atoms with E-state index in [1.54, 1.807) is 0 Å². The Bertz CT molecular complexity index is 1130. The van der Waals surface area contributed by atoms with Crippen LogP contribution in [0.1, 0.15) is 39.2 Å². The zero-order valence-electron chi connectivity index (χ0n) is 22.2. The second-order valence-corrected chi connectivity index (χ2v) is 6.99. The first-order valence-corrected chi connectivity index (χ1v) is 9.09. The molecular weight excluding hydrogens is 422 g/mol. The monoisotopic (exact) mass is 451 g/mol. The van der Waals surface area contributed by atoms with E-state index in [-0.39, 0.29) is 16.1 Å². The van der Waals surface area contributed by atoms with E-state index in [4.69, 9.17) is 25.9 Å². The Labute approximate surface area is 187 Å². The number of ether oxygens (including phenoxy) is 2. The molecule has 0 saturated carbocycles. The molecule has 0 radical (unpaired) electrons. The second-order valence-electron chi connectivity index (χ2n) is 6.59. The van der Waals surface area contributed by atoms with Crippen LogP contribution in [0.15, 0.2) is 30.3 Å². The summed E-state index contributed by atoms with van der Waals surface area (Å²) in [6.07, 6.45) is -10.3. The van der Waals surface area contributed by atoms with Crippen molar-refractivity contribution in [2.75, 3.05) is 13.2 Å². The van der Waals surface area contributed by atoms with E-state index in [1.165, 1.54) is 12.1 Å². The Morgan fingerprint density at radius 1 is 1.13 bits per heavy atom. The third kappa shape index (κ3) is 4.59. The summed E-state index contributed by atoms with van der Waals surface area (Å²) in [5.41, 5.74) is -0.905. The Hall–Kier alpha value is -1.81. The van der Waals surface area contributed by atoms with Gasteiger partial charge in [0.15, 0.2) is 17.4 Å². The summed E-state index contributed by atoms with van der Waals surface area (Å²) in [5.74, 6) is -4.51. The van der Waals surface area contributed by atoms with E-state index in [1.807, 2.05) is 0 Å². The average molecular weight is 452 g/mol. The Kier molecular flexibility index (Phi) is 4.80. The van der Waals surface area contributed by atoms with E-state index < -0.39 is 79.9 Å². The SMILES string of the molecule is [2H]C([2H])(c1cc(F)c(OC([2H])([2H])C([2H])([2H])[2H])c(F)c1)c1cc([C@@H]2O[C@H](CO)[C@@H](O)[C@H](O)[C@H]2O)ccc1Cl. The van der Waals surface area contributed by atoms with Gasteiger partial charge < -0.3 is 29.9 Å². The third-order valence-electron chi connectivity index (χ3n) is 4.64. The Morgan fingerprint density at radius 3 is 2.47 bits per heavy atom. The lowest BCUT2D eigenvalue weighted by Crippen LogP contribution is -2.55. The molecule has 4 N–H and O–H groups in total. The minimum Gasteiger partial charge on any atom is -0.488 e. The molecule has 5 atom stereocenters. The van der Waals surface area contributed by atoms with Crippen molar-refractivity contribution < 1.29 is 48.3 Å². The molecule has 1 aliphatic heterocycles. The van der Waals surface area contributed by atoms with Crippen LogP contribution in [0.25, 0.3) is 0 Å². The molecular formula is C21H23ClF2O6. The van der Waals surface area contributed by atoms with Crippen LogP contribution in [0.4, 0.5) is 8.78 Å². The maximum atomic E-state index is 14.7. The summed E-state index contributed by atoms with van der Waals surface area (Å²) in [7, 11) is 0. The lowest BCUT2D eigenvalue weighted by atomic mass is 9.90. The molecule has 30 heavy (non-hydrogen) atoms. The number of benzene rings is 2. The first-order chi connectivity index (χ1) is 16.9. The maximum Gasteiger partial charge on any atom is 0.190 e. The molecule has 0 unspecified atom stereocenters. The molecule has 2 aromatic carbocycles. The molecule has 6 nitrogen and oxygen atoms in total. The molecule has 0 aromatic heterocycles. The van der Waals surface area contributed by atoms with Crippen LogP contribution >= 0.6 is 11.6 Å². The van der Waals surface area contributed by atoms with Crippen LogP contribution in [0.3, 0.4) is 0 Å². The number of aliphatic hydroxyl groups excluding tert-OH is 4. The lowest BCUT2D eigenvalue weighted by molar-refractivity contribution is -0.231. The van der Waals surface area contributed by atoms with Gasteiger partial charge in [-0.1, -0.05) is 23.7 Å². The van der Waals surface area contributed by atoms with Gasteiger partial charge in [-0.3, -0.25) is 0 Å². The molecule has 0 aliphatic carbocycles. The van der Waals surface area contributed by atoms with E-state index in [9.17, 15) is 29.2 Å². The molecule has 2 aromatic rings. The highest BCUT2D eigenvalue weighted by Crippen LogP contribution is 2.35. The number of hydrogen-bond donors (Lipinski definition) is 4. The molecule has 0 amide bonds. The quantitative estimate of drug-likeness (QED) is 0.537. The van der Waals surface area contributed by atoms with Gasteiger partial charge in [0.1, 0.15) is 30.5 Å². The first kappa shape index (κ1) is 15.1. The van der Waals surface area contributed by atoms with Crippen molar-refractivity contribution in [3.63, 3.8) is 0 Å². The highest BCUT2D eigenvalue weighted by molar-refractivity contribution is 6.31. The summed E-state index contributed by atoms with van der Waals surface area (Å²) < 4.78 is 92.5. The standard InChI is InChI=1S/C21H23ClF2O6/c1-2-29-21-14(23)6-10(7-15(21)24)5-12-8-11(3-4-13(12)22)20-19(28)18(27)17(26)16(9-25)30-20/h3-4,6-8,16-20,25-28H,2,5,9H2,1H3/t16-,17-,18+,19-,20+/m1/s1/i1D3,2D2,5D2. The largest absolute Gasteiger partial charge is 0.488 e. The first-order valence-electron chi connectivity index (χ1n) is 12.2. The van der Waals surface area contributed by atoms with Gasteiger partial charge in [0.25, 0.3) is 0 Å². The van der Waals surface area contributed by atoms with E-state index >= 15 is 0 Å². The summed E-state index contributed by atoms with van der Waals surface area (Å²) in [5, 5.41) is 39.6. The van der Waals surface area contributed by atoms with E-state index in [0.29, 0.717) is 12.1 Å².